The fraction of sp³-hybridized carbons (Fsp3) is 0.444. The van der Waals surface area contributed by atoms with E-state index >= 15 is 0 Å². The van der Waals surface area contributed by atoms with E-state index in [1.165, 1.54) is 22.3 Å². The van der Waals surface area contributed by atoms with Crippen LogP contribution in [0.1, 0.15) is 62.5 Å². The lowest BCUT2D eigenvalue weighted by atomic mass is 9.78. The number of hydrogen-bond donors (Lipinski definition) is 3. The molecular formula is C27H32N2O5. The summed E-state index contributed by atoms with van der Waals surface area (Å²) in [5, 5.41) is 14.5. The smallest absolute Gasteiger partial charge is 0.407 e. The number of ether oxygens (including phenoxy) is 1. The normalized spacial score (nSPS) is 19.3. The molecule has 1 unspecified atom stereocenters. The molecule has 0 radical (unpaired) electrons. The molecule has 2 aliphatic carbocycles. The van der Waals surface area contributed by atoms with Crippen molar-refractivity contribution in [2.24, 2.45) is 5.92 Å². The van der Waals surface area contributed by atoms with Crippen LogP contribution in [0, 0.1) is 5.92 Å². The highest BCUT2D eigenvalue weighted by Crippen LogP contribution is 2.44. The van der Waals surface area contributed by atoms with E-state index in [0.29, 0.717) is 19.3 Å². The van der Waals surface area contributed by atoms with Gasteiger partial charge in [0.1, 0.15) is 6.61 Å². The number of amides is 2. The Labute approximate surface area is 199 Å². The van der Waals surface area contributed by atoms with Gasteiger partial charge in [0.05, 0.1) is 0 Å². The van der Waals surface area contributed by atoms with Crippen molar-refractivity contribution in [1.29, 1.82) is 0 Å². The van der Waals surface area contributed by atoms with Crippen molar-refractivity contribution in [3.8, 4) is 11.1 Å². The Morgan fingerprint density at radius 1 is 1.03 bits per heavy atom. The molecule has 2 aliphatic rings. The SMILES string of the molecule is CC(CCCC(=O)O)NC(=O)CC1CC(NC(=O)OCC2c3ccccc3-c3ccccc32)C1. The third-order valence-corrected chi connectivity index (χ3v) is 6.81. The lowest BCUT2D eigenvalue weighted by Gasteiger charge is -2.35. The summed E-state index contributed by atoms with van der Waals surface area (Å²) < 4.78 is 5.60. The molecule has 4 rings (SSSR count). The number of hydrogen-bond acceptors (Lipinski definition) is 4. The second-order valence-electron chi connectivity index (χ2n) is 9.46. The molecule has 3 N–H and O–H groups in total. The van der Waals surface area contributed by atoms with Crippen molar-refractivity contribution < 1.29 is 24.2 Å². The first-order valence-electron chi connectivity index (χ1n) is 12.0. The number of fused-ring (bicyclic) bond motifs is 3. The van der Waals surface area contributed by atoms with Crippen LogP contribution < -0.4 is 10.6 Å². The van der Waals surface area contributed by atoms with Crippen LogP contribution >= 0.6 is 0 Å². The topological polar surface area (TPSA) is 105 Å². The van der Waals surface area contributed by atoms with Crippen LogP contribution in [0.25, 0.3) is 11.1 Å². The number of carbonyl (C=O) groups excluding carboxylic acids is 2. The average molecular weight is 465 g/mol. The summed E-state index contributed by atoms with van der Waals surface area (Å²) >= 11 is 0. The Bertz CT molecular complexity index is 1000. The minimum Gasteiger partial charge on any atom is -0.481 e. The second-order valence-corrected chi connectivity index (χ2v) is 9.46. The summed E-state index contributed by atoms with van der Waals surface area (Å²) in [6.45, 7) is 2.18. The molecule has 7 heteroatoms. The van der Waals surface area contributed by atoms with E-state index < -0.39 is 12.1 Å². The highest BCUT2D eigenvalue weighted by molar-refractivity contribution is 5.79. The first kappa shape index (κ1) is 23.8. The van der Waals surface area contributed by atoms with E-state index in [0.717, 1.165) is 12.8 Å². The Kier molecular flexibility index (Phi) is 7.50. The van der Waals surface area contributed by atoms with Crippen molar-refractivity contribution in [3.63, 3.8) is 0 Å². The first-order chi connectivity index (χ1) is 16.4. The molecule has 0 bridgehead atoms. The minimum absolute atomic E-state index is 0.0209. The molecule has 0 spiro atoms. The van der Waals surface area contributed by atoms with Crippen molar-refractivity contribution in [1.82, 2.24) is 10.6 Å². The van der Waals surface area contributed by atoms with Gasteiger partial charge in [-0.2, -0.15) is 0 Å². The summed E-state index contributed by atoms with van der Waals surface area (Å²) in [6, 6.07) is 16.5. The van der Waals surface area contributed by atoms with Crippen molar-refractivity contribution in [2.45, 2.75) is 63.5 Å². The van der Waals surface area contributed by atoms with Gasteiger partial charge in [-0.1, -0.05) is 48.5 Å². The van der Waals surface area contributed by atoms with E-state index in [1.54, 1.807) is 0 Å². The van der Waals surface area contributed by atoms with E-state index in [1.807, 2.05) is 31.2 Å². The number of benzene rings is 2. The number of aliphatic carboxylic acids is 1. The number of carboxylic acid groups (broad SMARTS) is 1. The van der Waals surface area contributed by atoms with Crippen molar-refractivity contribution >= 4 is 18.0 Å². The maximum Gasteiger partial charge on any atom is 0.407 e. The maximum atomic E-state index is 12.4. The van der Waals surface area contributed by atoms with Gasteiger partial charge in [0.25, 0.3) is 0 Å². The highest BCUT2D eigenvalue weighted by Gasteiger charge is 2.33. The molecule has 34 heavy (non-hydrogen) atoms. The number of carbonyl (C=O) groups is 3. The van der Waals surface area contributed by atoms with Gasteiger partial charge in [-0.05, 0) is 60.8 Å². The molecule has 0 saturated heterocycles. The summed E-state index contributed by atoms with van der Waals surface area (Å²) in [4.78, 5) is 35.2. The number of nitrogens with one attached hydrogen (secondary N) is 2. The molecule has 7 nitrogen and oxygen atoms in total. The molecular weight excluding hydrogens is 432 g/mol. The average Bonchev–Trinajstić information content (AvgIpc) is 3.09. The Hall–Kier alpha value is -3.35. The van der Waals surface area contributed by atoms with Crippen LogP contribution in [0.2, 0.25) is 0 Å². The van der Waals surface area contributed by atoms with E-state index in [4.69, 9.17) is 9.84 Å². The largest absolute Gasteiger partial charge is 0.481 e. The lowest BCUT2D eigenvalue weighted by molar-refractivity contribution is -0.137. The van der Waals surface area contributed by atoms with E-state index in [2.05, 4.69) is 34.9 Å². The van der Waals surface area contributed by atoms with Gasteiger partial charge in [-0.15, -0.1) is 0 Å². The molecule has 1 fully saturated rings. The van der Waals surface area contributed by atoms with Crippen LogP contribution in [-0.4, -0.2) is 41.8 Å². The lowest BCUT2D eigenvalue weighted by Crippen LogP contribution is -2.46. The fourth-order valence-electron chi connectivity index (χ4n) is 5.05. The zero-order valence-corrected chi connectivity index (χ0v) is 19.5. The summed E-state index contributed by atoms with van der Waals surface area (Å²) in [5.41, 5.74) is 4.76. The van der Waals surface area contributed by atoms with Crippen molar-refractivity contribution in [3.05, 3.63) is 59.7 Å². The van der Waals surface area contributed by atoms with Crippen LogP contribution in [0.3, 0.4) is 0 Å². The maximum absolute atomic E-state index is 12.4. The standard InChI is InChI=1S/C27H32N2O5/c1-17(7-6-12-26(31)32)28-25(30)15-18-13-19(14-18)29-27(33)34-16-24-22-10-4-2-8-20(22)21-9-3-5-11-23(21)24/h2-5,8-11,17-19,24H,6-7,12-16H2,1H3,(H,28,30)(H,29,33)(H,31,32). The third kappa shape index (κ3) is 5.76. The molecule has 2 amide bonds. The van der Waals surface area contributed by atoms with Gasteiger partial charge in [-0.3, -0.25) is 9.59 Å². The predicted molar refractivity (Wildman–Crippen MR) is 128 cm³/mol. The van der Waals surface area contributed by atoms with Crippen molar-refractivity contribution in [2.75, 3.05) is 6.61 Å². The minimum atomic E-state index is -0.817. The van der Waals surface area contributed by atoms with Crippen LogP contribution in [0.15, 0.2) is 48.5 Å². The van der Waals surface area contributed by atoms with Gasteiger partial charge in [-0.25, -0.2) is 4.79 Å². The summed E-state index contributed by atoms with van der Waals surface area (Å²) in [6.07, 6.45) is 2.83. The summed E-state index contributed by atoms with van der Waals surface area (Å²) in [7, 11) is 0. The Morgan fingerprint density at radius 3 is 2.26 bits per heavy atom. The van der Waals surface area contributed by atoms with Crippen LogP contribution in [-0.2, 0) is 14.3 Å². The fourth-order valence-corrected chi connectivity index (χ4v) is 5.05. The number of carboxylic acids is 1. The van der Waals surface area contributed by atoms with Gasteiger partial charge in [0, 0.05) is 30.8 Å². The molecule has 0 aromatic heterocycles. The van der Waals surface area contributed by atoms with Crippen LogP contribution in [0.5, 0.6) is 0 Å². The Morgan fingerprint density at radius 2 is 1.65 bits per heavy atom. The highest BCUT2D eigenvalue weighted by atomic mass is 16.5. The van der Waals surface area contributed by atoms with Crippen LogP contribution in [0.4, 0.5) is 4.79 Å². The summed E-state index contributed by atoms with van der Waals surface area (Å²) in [5.74, 6) is -0.561. The Balaban J connectivity index is 1.16. The predicted octanol–water partition coefficient (Wildman–Crippen LogP) is 4.45. The molecule has 2 aromatic rings. The molecule has 180 valence electrons. The molecule has 2 aromatic carbocycles. The number of rotatable bonds is 10. The quantitative estimate of drug-likeness (QED) is 0.482. The number of alkyl carbamates (subject to hydrolysis) is 1. The molecule has 0 heterocycles. The van der Waals surface area contributed by atoms with Gasteiger partial charge >= 0.3 is 12.1 Å². The molecule has 1 atom stereocenters. The van der Waals surface area contributed by atoms with E-state index in [9.17, 15) is 14.4 Å². The molecule has 1 saturated carbocycles. The van der Waals surface area contributed by atoms with Gasteiger partial charge < -0.3 is 20.5 Å². The van der Waals surface area contributed by atoms with Gasteiger partial charge in [0.2, 0.25) is 5.91 Å². The second kappa shape index (κ2) is 10.7. The monoisotopic (exact) mass is 464 g/mol. The van der Waals surface area contributed by atoms with Gasteiger partial charge in [0.15, 0.2) is 0 Å². The first-order valence-corrected chi connectivity index (χ1v) is 12.0. The van der Waals surface area contributed by atoms with E-state index in [-0.39, 0.29) is 42.9 Å². The molecule has 0 aliphatic heterocycles. The third-order valence-electron chi connectivity index (χ3n) is 6.81. The zero-order valence-electron chi connectivity index (χ0n) is 19.5. The zero-order chi connectivity index (χ0) is 24.1.